The summed E-state index contributed by atoms with van der Waals surface area (Å²) in [6.07, 6.45) is 1.67. The van der Waals surface area contributed by atoms with E-state index in [0.29, 0.717) is 16.5 Å². The first-order valence-corrected chi connectivity index (χ1v) is 8.34. The van der Waals surface area contributed by atoms with Gasteiger partial charge in [-0.3, -0.25) is 9.59 Å². The van der Waals surface area contributed by atoms with E-state index >= 15 is 0 Å². The standard InChI is InChI=1S/C19H18ClN3O3/c1-22(2)16-8-6-13(20)11-15(16)21-19(25)17-9-7-14(26-17)12-23-10-4-3-5-18(23)24/h3-11H,12H2,1-2H3,(H,21,25). The molecule has 0 bridgehead atoms. The van der Waals surface area contributed by atoms with E-state index in [1.807, 2.05) is 25.1 Å². The van der Waals surface area contributed by atoms with Crippen LogP contribution in [0.3, 0.4) is 0 Å². The first kappa shape index (κ1) is 17.8. The number of aromatic nitrogens is 1. The molecule has 26 heavy (non-hydrogen) atoms. The van der Waals surface area contributed by atoms with Gasteiger partial charge in [-0.1, -0.05) is 17.7 Å². The molecule has 6 nitrogen and oxygen atoms in total. The van der Waals surface area contributed by atoms with Crippen LogP contribution in [0.5, 0.6) is 0 Å². The highest BCUT2D eigenvalue weighted by molar-refractivity contribution is 6.31. The maximum Gasteiger partial charge on any atom is 0.291 e. The van der Waals surface area contributed by atoms with Crippen LogP contribution in [0.2, 0.25) is 5.02 Å². The summed E-state index contributed by atoms with van der Waals surface area (Å²) < 4.78 is 7.09. The molecular weight excluding hydrogens is 354 g/mol. The first-order chi connectivity index (χ1) is 12.4. The second kappa shape index (κ2) is 7.49. The monoisotopic (exact) mass is 371 g/mol. The largest absolute Gasteiger partial charge is 0.454 e. The van der Waals surface area contributed by atoms with Gasteiger partial charge in [-0.2, -0.15) is 0 Å². The third-order valence-corrected chi connectivity index (χ3v) is 4.03. The number of nitrogens with zero attached hydrogens (tertiary/aromatic N) is 2. The Morgan fingerprint density at radius 1 is 1.19 bits per heavy atom. The van der Waals surface area contributed by atoms with Crippen LogP contribution in [-0.2, 0) is 6.54 Å². The van der Waals surface area contributed by atoms with Crippen molar-refractivity contribution in [3.05, 3.63) is 81.6 Å². The van der Waals surface area contributed by atoms with Crippen molar-refractivity contribution >= 4 is 28.9 Å². The van der Waals surface area contributed by atoms with Crippen LogP contribution in [0, 0.1) is 0 Å². The number of carbonyl (C=O) groups is 1. The van der Waals surface area contributed by atoms with Gasteiger partial charge in [0.2, 0.25) is 0 Å². The topological polar surface area (TPSA) is 67.5 Å². The summed E-state index contributed by atoms with van der Waals surface area (Å²) in [5.41, 5.74) is 1.28. The van der Waals surface area contributed by atoms with Gasteiger partial charge in [-0.25, -0.2) is 0 Å². The van der Waals surface area contributed by atoms with E-state index in [4.69, 9.17) is 16.0 Å². The molecule has 0 aliphatic heterocycles. The minimum Gasteiger partial charge on any atom is -0.454 e. The number of amides is 1. The SMILES string of the molecule is CN(C)c1ccc(Cl)cc1NC(=O)c1ccc(Cn2ccccc2=O)o1. The fraction of sp³-hybridized carbons (Fsp3) is 0.158. The minimum absolute atomic E-state index is 0.135. The third kappa shape index (κ3) is 3.97. The van der Waals surface area contributed by atoms with Crippen LogP contribution in [0.15, 0.2) is 63.9 Å². The molecule has 0 aliphatic rings. The Labute approximate surface area is 155 Å². The smallest absolute Gasteiger partial charge is 0.291 e. The predicted molar refractivity (Wildman–Crippen MR) is 102 cm³/mol. The Bertz CT molecular complexity index is 991. The normalized spacial score (nSPS) is 10.6. The Balaban J connectivity index is 1.78. The van der Waals surface area contributed by atoms with Gasteiger partial charge in [-0.05, 0) is 36.4 Å². The average Bonchev–Trinajstić information content (AvgIpc) is 3.05. The highest BCUT2D eigenvalue weighted by Crippen LogP contribution is 2.28. The van der Waals surface area contributed by atoms with Crippen LogP contribution < -0.4 is 15.8 Å². The molecule has 0 saturated heterocycles. The highest BCUT2D eigenvalue weighted by Gasteiger charge is 2.15. The van der Waals surface area contributed by atoms with Crippen molar-refractivity contribution in [1.29, 1.82) is 0 Å². The summed E-state index contributed by atoms with van der Waals surface area (Å²) in [6.45, 7) is 0.257. The highest BCUT2D eigenvalue weighted by atomic mass is 35.5. The lowest BCUT2D eigenvalue weighted by molar-refractivity contribution is 0.0995. The lowest BCUT2D eigenvalue weighted by atomic mass is 10.2. The molecule has 2 aromatic heterocycles. The van der Waals surface area contributed by atoms with Crippen molar-refractivity contribution in [3.63, 3.8) is 0 Å². The first-order valence-electron chi connectivity index (χ1n) is 7.96. The van der Waals surface area contributed by atoms with Gasteiger partial charge in [-0.15, -0.1) is 0 Å². The zero-order valence-electron chi connectivity index (χ0n) is 14.4. The van der Waals surface area contributed by atoms with E-state index in [0.717, 1.165) is 5.69 Å². The molecule has 1 N–H and O–H groups in total. The molecule has 0 radical (unpaired) electrons. The molecule has 2 heterocycles. The molecule has 0 unspecified atom stereocenters. The summed E-state index contributed by atoms with van der Waals surface area (Å²) in [5, 5.41) is 3.33. The number of rotatable bonds is 5. The number of furan rings is 1. The molecule has 7 heteroatoms. The van der Waals surface area contributed by atoms with Crippen molar-refractivity contribution in [2.24, 2.45) is 0 Å². The number of nitrogens with one attached hydrogen (secondary N) is 1. The van der Waals surface area contributed by atoms with E-state index in [-0.39, 0.29) is 23.8 Å². The van der Waals surface area contributed by atoms with Gasteiger partial charge in [0.1, 0.15) is 5.76 Å². The van der Waals surface area contributed by atoms with Gasteiger partial charge in [0.25, 0.3) is 11.5 Å². The molecule has 0 aliphatic carbocycles. The van der Waals surface area contributed by atoms with Gasteiger partial charge < -0.3 is 19.2 Å². The molecule has 0 atom stereocenters. The van der Waals surface area contributed by atoms with E-state index in [1.165, 1.54) is 10.6 Å². The zero-order chi connectivity index (χ0) is 18.7. The Morgan fingerprint density at radius 3 is 2.73 bits per heavy atom. The van der Waals surface area contributed by atoms with Gasteiger partial charge in [0.05, 0.1) is 17.9 Å². The quantitative estimate of drug-likeness (QED) is 0.745. The number of benzene rings is 1. The van der Waals surface area contributed by atoms with Crippen LogP contribution in [0.25, 0.3) is 0 Å². The second-order valence-corrected chi connectivity index (χ2v) is 6.38. The van der Waals surface area contributed by atoms with Crippen LogP contribution >= 0.6 is 11.6 Å². The Kier molecular flexibility index (Phi) is 5.14. The summed E-state index contributed by atoms with van der Waals surface area (Å²) in [5.74, 6) is 0.290. The average molecular weight is 372 g/mol. The fourth-order valence-corrected chi connectivity index (χ4v) is 2.70. The minimum atomic E-state index is -0.387. The van der Waals surface area contributed by atoms with E-state index < -0.39 is 0 Å². The number of carbonyl (C=O) groups excluding carboxylic acids is 1. The summed E-state index contributed by atoms with van der Waals surface area (Å²) in [4.78, 5) is 26.1. The zero-order valence-corrected chi connectivity index (χ0v) is 15.2. The lowest BCUT2D eigenvalue weighted by Crippen LogP contribution is -2.18. The molecule has 3 rings (SSSR count). The molecule has 134 valence electrons. The maximum atomic E-state index is 12.5. The number of hydrogen-bond donors (Lipinski definition) is 1. The number of anilines is 2. The number of pyridine rings is 1. The maximum absolute atomic E-state index is 12.5. The predicted octanol–water partition coefficient (Wildman–Crippen LogP) is 3.46. The molecule has 1 aromatic carbocycles. The lowest BCUT2D eigenvalue weighted by Gasteiger charge is -2.17. The molecule has 0 spiro atoms. The summed E-state index contributed by atoms with van der Waals surface area (Å²) in [6, 6.07) is 13.4. The molecule has 3 aromatic rings. The van der Waals surface area contributed by atoms with Gasteiger partial charge in [0, 0.05) is 31.4 Å². The molecule has 0 fully saturated rings. The van der Waals surface area contributed by atoms with Crippen molar-refractivity contribution < 1.29 is 9.21 Å². The summed E-state index contributed by atoms with van der Waals surface area (Å²) >= 11 is 6.03. The number of halogens is 1. The van der Waals surface area contributed by atoms with Crippen molar-refractivity contribution in [2.45, 2.75) is 6.54 Å². The molecule has 1 amide bonds. The Morgan fingerprint density at radius 2 is 2.00 bits per heavy atom. The van der Waals surface area contributed by atoms with Crippen LogP contribution in [0.1, 0.15) is 16.3 Å². The van der Waals surface area contributed by atoms with Gasteiger partial charge in [0.15, 0.2) is 5.76 Å². The van der Waals surface area contributed by atoms with E-state index in [1.54, 1.807) is 42.6 Å². The van der Waals surface area contributed by atoms with Crippen LogP contribution in [-0.4, -0.2) is 24.6 Å². The van der Waals surface area contributed by atoms with Gasteiger partial charge >= 0.3 is 0 Å². The second-order valence-electron chi connectivity index (χ2n) is 5.94. The number of hydrogen-bond acceptors (Lipinski definition) is 4. The van der Waals surface area contributed by atoms with Crippen LogP contribution in [0.4, 0.5) is 11.4 Å². The van der Waals surface area contributed by atoms with Crippen molar-refractivity contribution in [1.82, 2.24) is 4.57 Å². The third-order valence-electron chi connectivity index (χ3n) is 3.80. The van der Waals surface area contributed by atoms with Crippen molar-refractivity contribution in [2.75, 3.05) is 24.3 Å². The Hall–Kier alpha value is -2.99. The van der Waals surface area contributed by atoms with E-state index in [9.17, 15) is 9.59 Å². The molecule has 0 saturated carbocycles. The fourth-order valence-electron chi connectivity index (χ4n) is 2.53. The molecular formula is C19H18ClN3O3. The van der Waals surface area contributed by atoms with E-state index in [2.05, 4.69) is 5.32 Å². The summed E-state index contributed by atoms with van der Waals surface area (Å²) in [7, 11) is 3.75. The van der Waals surface area contributed by atoms with Crippen molar-refractivity contribution in [3.8, 4) is 0 Å².